The minimum atomic E-state index is 0.0167. The van der Waals surface area contributed by atoms with E-state index in [1.54, 1.807) is 12.1 Å². The van der Waals surface area contributed by atoms with Crippen LogP contribution in [0.2, 0.25) is 0 Å². The Morgan fingerprint density at radius 1 is 1.47 bits per heavy atom. The fourth-order valence-electron chi connectivity index (χ4n) is 3.03. The van der Waals surface area contributed by atoms with Crippen LogP contribution in [0.3, 0.4) is 0 Å². The fraction of sp³-hybridized carbons (Fsp3) is 0.571. The molecule has 19 heavy (non-hydrogen) atoms. The molecule has 5 nitrogen and oxygen atoms in total. The molecule has 1 N–H and O–H groups in total. The van der Waals surface area contributed by atoms with E-state index in [1.165, 1.54) is 25.8 Å². The molecule has 1 atom stereocenters. The van der Waals surface area contributed by atoms with Gasteiger partial charge in [0, 0.05) is 30.8 Å². The maximum absolute atomic E-state index is 11.3. The second kappa shape index (κ2) is 5.17. The molecule has 2 aromatic heterocycles. The summed E-state index contributed by atoms with van der Waals surface area (Å²) >= 11 is 0. The van der Waals surface area contributed by atoms with Gasteiger partial charge in [-0.1, -0.05) is 13.3 Å². The van der Waals surface area contributed by atoms with Crippen molar-refractivity contribution in [1.82, 2.24) is 19.5 Å². The summed E-state index contributed by atoms with van der Waals surface area (Å²) in [5.41, 5.74) is 0.796. The van der Waals surface area contributed by atoms with Crippen LogP contribution >= 0.6 is 0 Å². The second-order valence-electron chi connectivity index (χ2n) is 5.24. The number of piperidine rings is 1. The van der Waals surface area contributed by atoms with Crippen LogP contribution in [0, 0.1) is 0 Å². The average Bonchev–Trinajstić information content (AvgIpc) is 2.82. The van der Waals surface area contributed by atoms with Crippen molar-refractivity contribution in [3.05, 3.63) is 34.4 Å². The van der Waals surface area contributed by atoms with Gasteiger partial charge in [-0.3, -0.25) is 14.3 Å². The van der Waals surface area contributed by atoms with E-state index in [-0.39, 0.29) is 5.43 Å². The largest absolute Gasteiger partial charge is 0.300 e. The summed E-state index contributed by atoms with van der Waals surface area (Å²) < 4.78 is 1.99. The van der Waals surface area contributed by atoms with E-state index in [4.69, 9.17) is 0 Å². The highest BCUT2D eigenvalue weighted by atomic mass is 16.1. The van der Waals surface area contributed by atoms with Gasteiger partial charge in [0.25, 0.3) is 0 Å². The number of aromatic amines is 1. The van der Waals surface area contributed by atoms with Crippen LogP contribution < -0.4 is 5.43 Å². The summed E-state index contributed by atoms with van der Waals surface area (Å²) in [6.45, 7) is 4.51. The molecule has 0 aliphatic carbocycles. The van der Waals surface area contributed by atoms with Crippen molar-refractivity contribution in [2.75, 3.05) is 13.1 Å². The Morgan fingerprint density at radius 3 is 3.21 bits per heavy atom. The second-order valence-corrected chi connectivity index (χ2v) is 5.24. The van der Waals surface area contributed by atoms with Crippen LogP contribution in [-0.2, 0) is 6.42 Å². The molecule has 0 saturated carbocycles. The van der Waals surface area contributed by atoms with Crippen molar-refractivity contribution in [2.45, 2.75) is 38.6 Å². The number of likely N-dealkylation sites (tertiary alicyclic amines) is 1. The molecule has 5 heteroatoms. The lowest BCUT2D eigenvalue weighted by atomic mass is 9.99. The highest BCUT2D eigenvalue weighted by Gasteiger charge is 2.22. The van der Waals surface area contributed by atoms with E-state index in [2.05, 4.69) is 22.0 Å². The highest BCUT2D eigenvalue weighted by molar-refractivity contribution is 5.37. The number of hydrogen-bond donors (Lipinski definition) is 1. The van der Waals surface area contributed by atoms with Crippen molar-refractivity contribution >= 4 is 5.65 Å². The van der Waals surface area contributed by atoms with Crippen molar-refractivity contribution in [2.24, 2.45) is 0 Å². The van der Waals surface area contributed by atoms with Crippen molar-refractivity contribution in [1.29, 1.82) is 0 Å². The molecule has 0 radical (unpaired) electrons. The lowest BCUT2D eigenvalue weighted by Gasteiger charge is -2.34. The Morgan fingerprint density at radius 2 is 2.37 bits per heavy atom. The average molecular weight is 260 g/mol. The molecule has 1 aliphatic heterocycles. The van der Waals surface area contributed by atoms with E-state index in [1.807, 2.05) is 10.6 Å². The summed E-state index contributed by atoms with van der Waals surface area (Å²) in [6.07, 6.45) is 6.60. The third-order valence-corrected chi connectivity index (χ3v) is 4.08. The summed E-state index contributed by atoms with van der Waals surface area (Å²) in [4.78, 5) is 13.8. The molecule has 3 heterocycles. The molecule has 2 aromatic rings. The molecule has 1 fully saturated rings. The molecule has 0 amide bonds. The predicted molar refractivity (Wildman–Crippen MR) is 74.4 cm³/mol. The Hall–Kier alpha value is -1.62. The Balaban J connectivity index is 1.86. The van der Waals surface area contributed by atoms with Gasteiger partial charge in [0.1, 0.15) is 11.5 Å². The molecule has 1 unspecified atom stereocenters. The lowest BCUT2D eigenvalue weighted by molar-refractivity contribution is 0.153. The van der Waals surface area contributed by atoms with Crippen LogP contribution in [0.4, 0.5) is 0 Å². The first-order valence-electron chi connectivity index (χ1n) is 7.07. The van der Waals surface area contributed by atoms with E-state index in [9.17, 15) is 4.79 Å². The topological polar surface area (TPSA) is 53.4 Å². The molecule has 3 rings (SSSR count). The van der Waals surface area contributed by atoms with Crippen molar-refractivity contribution in [3.8, 4) is 0 Å². The van der Waals surface area contributed by atoms with E-state index in [0.717, 1.165) is 24.4 Å². The Labute approximate surface area is 112 Å². The maximum atomic E-state index is 11.3. The highest BCUT2D eigenvalue weighted by Crippen LogP contribution is 2.19. The Kier molecular flexibility index (Phi) is 3.38. The zero-order valence-electron chi connectivity index (χ0n) is 11.3. The minimum absolute atomic E-state index is 0.0167. The number of rotatable bonds is 3. The van der Waals surface area contributed by atoms with Gasteiger partial charge in [0.2, 0.25) is 0 Å². The number of pyridine rings is 1. The number of nitrogens with zero attached hydrogens (tertiary/aromatic N) is 3. The Bertz CT molecular complexity index is 615. The van der Waals surface area contributed by atoms with Crippen LogP contribution in [0.25, 0.3) is 5.65 Å². The van der Waals surface area contributed by atoms with Crippen molar-refractivity contribution < 1.29 is 0 Å². The lowest BCUT2D eigenvalue weighted by Crippen LogP contribution is -2.40. The molecular formula is C14H20N4O. The molecular weight excluding hydrogens is 240 g/mol. The standard InChI is InChI=1S/C14H20N4O/c1-2-17-7-4-3-5-11(17)9-13-15-16-14-10-12(19)6-8-18(13)14/h6,8,10-11,16H,2-5,7,9H2,1H3. The van der Waals surface area contributed by atoms with Gasteiger partial charge >= 0.3 is 0 Å². The number of aromatic nitrogens is 3. The van der Waals surface area contributed by atoms with Gasteiger partial charge in [-0.15, -0.1) is 0 Å². The normalized spacial score (nSPS) is 21.0. The first-order chi connectivity index (χ1) is 9.28. The number of hydrogen-bond acceptors (Lipinski definition) is 3. The molecule has 0 aromatic carbocycles. The van der Waals surface area contributed by atoms with Crippen LogP contribution in [-0.4, -0.2) is 38.6 Å². The quantitative estimate of drug-likeness (QED) is 0.908. The zero-order valence-corrected chi connectivity index (χ0v) is 11.3. The van der Waals surface area contributed by atoms with Crippen molar-refractivity contribution in [3.63, 3.8) is 0 Å². The van der Waals surface area contributed by atoms with E-state index >= 15 is 0 Å². The van der Waals surface area contributed by atoms with Crippen LogP contribution in [0.5, 0.6) is 0 Å². The number of nitrogens with one attached hydrogen (secondary N) is 1. The van der Waals surface area contributed by atoms with Crippen LogP contribution in [0.1, 0.15) is 32.0 Å². The minimum Gasteiger partial charge on any atom is -0.300 e. The predicted octanol–water partition coefficient (Wildman–Crippen LogP) is 1.44. The monoisotopic (exact) mass is 260 g/mol. The number of likely N-dealkylation sites (N-methyl/N-ethyl adjacent to an activating group) is 1. The van der Waals surface area contributed by atoms with Gasteiger partial charge < -0.3 is 4.90 Å². The van der Waals surface area contributed by atoms with Crippen LogP contribution in [0.15, 0.2) is 23.1 Å². The maximum Gasteiger partial charge on any atom is 0.183 e. The molecule has 1 aliphatic rings. The fourth-order valence-corrected chi connectivity index (χ4v) is 3.03. The summed E-state index contributed by atoms with van der Waals surface area (Å²) in [6, 6.07) is 3.75. The molecule has 1 saturated heterocycles. The van der Waals surface area contributed by atoms with E-state index < -0.39 is 0 Å². The van der Waals surface area contributed by atoms with Gasteiger partial charge in [0.05, 0.1) is 0 Å². The first kappa shape index (κ1) is 12.4. The first-order valence-corrected chi connectivity index (χ1v) is 7.07. The van der Waals surface area contributed by atoms with Gasteiger partial charge in [-0.2, -0.15) is 5.10 Å². The molecule has 102 valence electrons. The van der Waals surface area contributed by atoms with Gasteiger partial charge in [0.15, 0.2) is 5.43 Å². The van der Waals surface area contributed by atoms with Gasteiger partial charge in [-0.25, -0.2) is 0 Å². The zero-order chi connectivity index (χ0) is 13.2. The SMILES string of the molecule is CCN1CCCCC1Cc1n[nH]c2cc(=O)ccn12. The molecule has 0 spiro atoms. The molecule has 0 bridgehead atoms. The van der Waals surface area contributed by atoms with E-state index in [0.29, 0.717) is 6.04 Å². The van der Waals surface area contributed by atoms with Gasteiger partial charge in [-0.05, 0) is 25.9 Å². The third kappa shape index (κ3) is 2.42. The smallest absolute Gasteiger partial charge is 0.183 e. The summed E-state index contributed by atoms with van der Waals surface area (Å²) in [7, 11) is 0. The third-order valence-electron chi connectivity index (χ3n) is 4.08. The summed E-state index contributed by atoms with van der Waals surface area (Å²) in [5.74, 6) is 1.01. The number of fused-ring (bicyclic) bond motifs is 1. The summed E-state index contributed by atoms with van der Waals surface area (Å²) in [5, 5.41) is 7.32. The number of H-pyrrole nitrogens is 1.